The molecule has 0 saturated heterocycles. The first-order valence-corrected chi connectivity index (χ1v) is 12.8. The molecular formula is C27H29F6N5O3. The number of carbonyl (C=O) groups excluding carboxylic acids is 1. The van der Waals surface area contributed by atoms with Gasteiger partial charge in [-0.1, -0.05) is 51.5 Å². The molecule has 0 aliphatic carbocycles. The Balaban J connectivity index is 1.86. The Morgan fingerprint density at radius 1 is 1.02 bits per heavy atom. The Kier molecular flexibility index (Phi) is 7.84. The Labute approximate surface area is 231 Å². The summed E-state index contributed by atoms with van der Waals surface area (Å²) in [6.45, 7) is 5.79. The summed E-state index contributed by atoms with van der Waals surface area (Å²) >= 11 is 0. The summed E-state index contributed by atoms with van der Waals surface area (Å²) in [6.07, 6.45) is -11.0. The van der Waals surface area contributed by atoms with Crippen molar-refractivity contribution in [2.24, 2.45) is 0 Å². The maximum absolute atomic E-state index is 14.1. The molecule has 222 valence electrons. The van der Waals surface area contributed by atoms with E-state index < -0.39 is 64.7 Å². The van der Waals surface area contributed by atoms with E-state index >= 15 is 0 Å². The predicted molar refractivity (Wildman–Crippen MR) is 135 cm³/mol. The van der Waals surface area contributed by atoms with Crippen LogP contribution in [0.4, 0.5) is 32.0 Å². The molecule has 0 fully saturated rings. The molecule has 2 aromatic heterocycles. The van der Waals surface area contributed by atoms with Gasteiger partial charge in [-0.2, -0.15) is 26.3 Å². The topological polar surface area (TPSA) is 118 Å². The molecule has 3 heterocycles. The van der Waals surface area contributed by atoms with E-state index in [4.69, 9.17) is 10.2 Å². The molecule has 3 N–H and O–H groups in total. The number of nitrogens with zero attached hydrogens (tertiary/aromatic N) is 4. The van der Waals surface area contributed by atoms with E-state index in [-0.39, 0.29) is 37.8 Å². The van der Waals surface area contributed by atoms with Gasteiger partial charge in [0, 0.05) is 13.1 Å². The molecule has 1 atom stereocenters. The number of aromatic nitrogens is 3. The van der Waals surface area contributed by atoms with Crippen LogP contribution in [0, 0.1) is 0 Å². The fourth-order valence-corrected chi connectivity index (χ4v) is 4.55. The lowest BCUT2D eigenvalue weighted by Crippen LogP contribution is -2.42. The van der Waals surface area contributed by atoms with E-state index in [0.717, 1.165) is 5.56 Å². The molecule has 3 aromatic rings. The number of carbonyl (C=O) groups is 1. The van der Waals surface area contributed by atoms with Gasteiger partial charge in [0.1, 0.15) is 5.69 Å². The minimum absolute atomic E-state index is 0.0832. The van der Waals surface area contributed by atoms with Crippen molar-refractivity contribution in [1.82, 2.24) is 20.1 Å². The van der Waals surface area contributed by atoms with Crippen molar-refractivity contribution in [3.05, 3.63) is 58.6 Å². The molecule has 1 aliphatic heterocycles. The molecule has 14 heteroatoms. The first-order valence-electron chi connectivity index (χ1n) is 12.8. The summed E-state index contributed by atoms with van der Waals surface area (Å²) in [4.78, 5) is 18.7. The number of nitrogens with two attached hydrogens (primary N) is 1. The van der Waals surface area contributed by atoms with E-state index in [1.165, 1.54) is 4.90 Å². The Bertz CT molecular complexity index is 1430. The zero-order chi connectivity index (χ0) is 30.4. The average molecular weight is 586 g/mol. The third kappa shape index (κ3) is 6.16. The average Bonchev–Trinajstić information content (AvgIpc) is 3.35. The van der Waals surface area contributed by atoms with Crippen LogP contribution in [0.3, 0.4) is 0 Å². The molecule has 1 amide bonds. The highest BCUT2D eigenvalue weighted by Gasteiger charge is 2.58. The van der Waals surface area contributed by atoms with Gasteiger partial charge >= 0.3 is 12.4 Å². The minimum atomic E-state index is -5.20. The van der Waals surface area contributed by atoms with Crippen LogP contribution in [-0.2, 0) is 23.7 Å². The van der Waals surface area contributed by atoms with Crippen LogP contribution in [0.5, 0.6) is 0 Å². The number of pyridine rings is 1. The SMILES string of the molecule is CC(C)(C)c1cccc(CN2CCCCC[C@](O)(C(F)(F)F)c3nnc(o3)-c3nc(c(C(F)(F)F)cc3N)C2=O)c1. The second kappa shape index (κ2) is 10.6. The molecule has 0 spiro atoms. The molecule has 8 nitrogen and oxygen atoms in total. The number of halogens is 6. The molecule has 4 rings (SSSR count). The van der Waals surface area contributed by atoms with Gasteiger partial charge in [0.25, 0.3) is 17.7 Å². The summed E-state index contributed by atoms with van der Waals surface area (Å²) in [5.74, 6) is -3.03. The van der Waals surface area contributed by atoms with Gasteiger partial charge in [-0.3, -0.25) is 4.79 Å². The Hall–Kier alpha value is -3.68. The number of hydrogen-bond acceptors (Lipinski definition) is 7. The summed E-state index contributed by atoms with van der Waals surface area (Å²) in [5, 5.41) is 17.3. The third-order valence-corrected chi connectivity index (χ3v) is 6.93. The highest BCUT2D eigenvalue weighted by molar-refractivity contribution is 5.95. The van der Waals surface area contributed by atoms with E-state index in [1.54, 1.807) is 12.1 Å². The fraction of sp³-hybridized carbons (Fsp3) is 0.481. The van der Waals surface area contributed by atoms with Gasteiger partial charge in [0.2, 0.25) is 5.60 Å². The summed E-state index contributed by atoms with van der Waals surface area (Å²) in [7, 11) is 0. The van der Waals surface area contributed by atoms with Crippen molar-refractivity contribution in [2.75, 3.05) is 12.3 Å². The monoisotopic (exact) mass is 585 g/mol. The van der Waals surface area contributed by atoms with Crippen molar-refractivity contribution in [3.8, 4) is 11.6 Å². The number of rotatable bonds is 2. The van der Waals surface area contributed by atoms with Gasteiger partial charge in [0.05, 0.1) is 11.3 Å². The zero-order valence-corrected chi connectivity index (χ0v) is 22.5. The molecule has 0 radical (unpaired) electrons. The van der Waals surface area contributed by atoms with E-state index in [2.05, 4.69) is 15.2 Å². The lowest BCUT2D eigenvalue weighted by molar-refractivity contribution is -0.277. The van der Waals surface area contributed by atoms with Gasteiger partial charge < -0.3 is 20.2 Å². The van der Waals surface area contributed by atoms with Crippen molar-refractivity contribution in [1.29, 1.82) is 0 Å². The highest BCUT2D eigenvalue weighted by atomic mass is 19.4. The standard InChI is InChI=1S/C27H29F6N5O3/c1-24(2,3)16-9-7-8-15(12-16)14-38-11-6-4-5-10-25(40,27(31,32)33)23-37-36-21(41-23)20-18(34)13-17(26(28,29)30)19(35-20)22(38)39/h7-9,12-13,40H,4-6,10-11,14,34H2,1-3H3/t25-/m1/s1. The van der Waals surface area contributed by atoms with Gasteiger partial charge in [-0.25, -0.2) is 4.98 Å². The maximum atomic E-state index is 14.1. The van der Waals surface area contributed by atoms with E-state index in [9.17, 15) is 36.2 Å². The smallest absolute Gasteiger partial charge is 0.416 e. The lowest BCUT2D eigenvalue weighted by Gasteiger charge is -2.28. The van der Waals surface area contributed by atoms with Crippen LogP contribution in [-0.4, -0.2) is 43.8 Å². The fourth-order valence-electron chi connectivity index (χ4n) is 4.55. The van der Waals surface area contributed by atoms with Crippen LogP contribution in [0.25, 0.3) is 11.6 Å². The van der Waals surface area contributed by atoms with Gasteiger partial charge in [0.15, 0.2) is 5.69 Å². The second-order valence-electron chi connectivity index (χ2n) is 11.1. The third-order valence-electron chi connectivity index (χ3n) is 6.93. The number of hydrogen-bond donors (Lipinski definition) is 2. The van der Waals surface area contributed by atoms with Gasteiger partial charge in [-0.15, -0.1) is 10.2 Å². The number of amides is 1. The van der Waals surface area contributed by atoms with E-state index in [0.29, 0.717) is 11.6 Å². The molecule has 1 aliphatic rings. The normalized spacial score (nSPS) is 19.3. The van der Waals surface area contributed by atoms with Crippen LogP contribution in [0.1, 0.15) is 79.5 Å². The second-order valence-corrected chi connectivity index (χ2v) is 11.1. The largest absolute Gasteiger partial charge is 0.426 e. The summed E-state index contributed by atoms with van der Waals surface area (Å²) in [6, 6.07) is 7.69. The number of alkyl halides is 6. The lowest BCUT2D eigenvalue weighted by atomic mass is 9.86. The van der Waals surface area contributed by atoms with E-state index in [1.807, 2.05) is 32.9 Å². The number of aliphatic hydroxyl groups is 1. The molecule has 0 saturated carbocycles. The zero-order valence-electron chi connectivity index (χ0n) is 22.5. The first kappa shape index (κ1) is 30.3. The van der Waals surface area contributed by atoms with Crippen molar-refractivity contribution < 1.29 is 40.7 Å². The number of nitrogen functional groups attached to an aromatic ring is 1. The maximum Gasteiger partial charge on any atom is 0.426 e. The van der Waals surface area contributed by atoms with Crippen molar-refractivity contribution >= 4 is 11.6 Å². The molecule has 4 bridgehead atoms. The minimum Gasteiger partial charge on any atom is -0.416 e. The van der Waals surface area contributed by atoms with Crippen molar-refractivity contribution in [3.63, 3.8) is 0 Å². The predicted octanol–water partition coefficient (Wildman–Crippen LogP) is 6.00. The van der Waals surface area contributed by atoms with Crippen molar-refractivity contribution in [2.45, 2.75) is 76.4 Å². The Morgan fingerprint density at radius 2 is 1.73 bits per heavy atom. The van der Waals surface area contributed by atoms with Crippen LogP contribution >= 0.6 is 0 Å². The van der Waals surface area contributed by atoms with Crippen LogP contribution in [0.2, 0.25) is 0 Å². The number of fused-ring (bicyclic) bond motifs is 5. The quantitative estimate of drug-likeness (QED) is 0.355. The Morgan fingerprint density at radius 3 is 2.37 bits per heavy atom. The first-order chi connectivity index (χ1) is 18.9. The highest BCUT2D eigenvalue weighted by Crippen LogP contribution is 2.44. The summed E-state index contributed by atoms with van der Waals surface area (Å²) in [5.41, 5.74) is -0.0935. The summed E-state index contributed by atoms with van der Waals surface area (Å²) < 4.78 is 89.1. The molecular weight excluding hydrogens is 556 g/mol. The molecule has 1 aromatic carbocycles. The number of benzene rings is 1. The number of anilines is 1. The molecule has 0 unspecified atom stereocenters. The molecule has 41 heavy (non-hydrogen) atoms. The van der Waals surface area contributed by atoms with Gasteiger partial charge in [-0.05, 0) is 41.9 Å². The van der Waals surface area contributed by atoms with Crippen LogP contribution in [0.15, 0.2) is 34.7 Å². The van der Waals surface area contributed by atoms with Crippen LogP contribution < -0.4 is 5.73 Å².